The van der Waals surface area contributed by atoms with Crippen LogP contribution in [0.1, 0.15) is 53.9 Å². The summed E-state index contributed by atoms with van der Waals surface area (Å²) in [6.07, 6.45) is 0.674. The van der Waals surface area contributed by atoms with Crippen molar-refractivity contribution in [2.75, 3.05) is 13.2 Å². The average Bonchev–Trinajstić information content (AvgIpc) is 3.19. The molecule has 2 aromatic carbocycles. The molecule has 3 aromatic rings. The number of amides is 1. The average molecular weight is 408 g/mol. The summed E-state index contributed by atoms with van der Waals surface area (Å²) in [5, 5.41) is 2.89. The third-order valence-corrected chi connectivity index (χ3v) is 4.85. The second-order valence-corrected chi connectivity index (χ2v) is 7.45. The molecule has 0 spiro atoms. The first-order chi connectivity index (χ1) is 14.5. The summed E-state index contributed by atoms with van der Waals surface area (Å²) < 4.78 is 17.1. The zero-order chi connectivity index (χ0) is 21.5. The topological polar surface area (TPSA) is 60.7 Å². The lowest BCUT2D eigenvalue weighted by atomic mass is 10.0. The van der Waals surface area contributed by atoms with Crippen molar-refractivity contribution in [3.05, 3.63) is 77.0 Å². The van der Waals surface area contributed by atoms with Crippen molar-refractivity contribution in [1.29, 1.82) is 0 Å². The van der Waals surface area contributed by atoms with Crippen molar-refractivity contribution < 1.29 is 18.7 Å². The van der Waals surface area contributed by atoms with Gasteiger partial charge in [0.05, 0.1) is 6.61 Å². The van der Waals surface area contributed by atoms with Crippen molar-refractivity contribution in [3.8, 4) is 17.4 Å². The molecule has 0 radical (unpaired) electrons. The number of rotatable bonds is 9. The number of ether oxygens (including phenoxy) is 2. The van der Waals surface area contributed by atoms with Crippen LogP contribution in [0.15, 0.2) is 59.0 Å². The van der Waals surface area contributed by atoms with E-state index in [1.165, 1.54) is 5.56 Å². The summed E-state index contributed by atoms with van der Waals surface area (Å²) >= 11 is 0. The largest absolute Gasteiger partial charge is 0.494 e. The molecule has 158 valence electrons. The Bertz CT molecular complexity index is 990. The van der Waals surface area contributed by atoms with Gasteiger partial charge in [0.25, 0.3) is 11.9 Å². The van der Waals surface area contributed by atoms with Crippen LogP contribution >= 0.6 is 0 Å². The molecule has 0 fully saturated rings. The van der Waals surface area contributed by atoms with E-state index in [1.807, 2.05) is 50.2 Å². The number of hydrogen-bond donors (Lipinski definition) is 1. The van der Waals surface area contributed by atoms with Crippen LogP contribution in [0.2, 0.25) is 0 Å². The van der Waals surface area contributed by atoms with Gasteiger partial charge in [-0.05, 0) is 61.1 Å². The highest BCUT2D eigenvalue weighted by Gasteiger charge is 2.14. The third-order valence-electron chi connectivity index (χ3n) is 4.85. The Morgan fingerprint density at radius 1 is 1.07 bits per heavy atom. The van der Waals surface area contributed by atoms with Crippen molar-refractivity contribution >= 4 is 5.91 Å². The Morgan fingerprint density at radius 2 is 1.87 bits per heavy atom. The zero-order valence-corrected chi connectivity index (χ0v) is 18.0. The van der Waals surface area contributed by atoms with Gasteiger partial charge in [-0.15, -0.1) is 0 Å². The van der Waals surface area contributed by atoms with Crippen molar-refractivity contribution in [3.63, 3.8) is 0 Å². The summed E-state index contributed by atoms with van der Waals surface area (Å²) in [7, 11) is 0. The molecule has 0 unspecified atom stereocenters. The normalized spacial score (nSPS) is 10.8. The smallest absolute Gasteiger partial charge is 0.290 e. The Hall–Kier alpha value is -3.21. The van der Waals surface area contributed by atoms with E-state index in [-0.39, 0.29) is 11.7 Å². The highest BCUT2D eigenvalue weighted by molar-refractivity contribution is 5.91. The van der Waals surface area contributed by atoms with Gasteiger partial charge in [0.2, 0.25) is 0 Å². The Balaban J connectivity index is 1.59. The molecule has 1 amide bonds. The van der Waals surface area contributed by atoms with Gasteiger partial charge in [-0.2, -0.15) is 0 Å². The number of benzene rings is 2. The van der Waals surface area contributed by atoms with E-state index < -0.39 is 0 Å². The van der Waals surface area contributed by atoms with E-state index in [9.17, 15) is 4.79 Å². The number of para-hydroxylation sites is 1. The minimum Gasteiger partial charge on any atom is -0.494 e. The van der Waals surface area contributed by atoms with Crippen LogP contribution in [0, 0.1) is 6.92 Å². The maximum absolute atomic E-state index is 12.4. The molecule has 1 N–H and O–H groups in total. The van der Waals surface area contributed by atoms with Crippen molar-refractivity contribution in [2.24, 2.45) is 0 Å². The van der Waals surface area contributed by atoms with Gasteiger partial charge in [0.15, 0.2) is 5.76 Å². The van der Waals surface area contributed by atoms with Gasteiger partial charge in [-0.3, -0.25) is 4.79 Å². The molecule has 5 nitrogen and oxygen atoms in total. The molecule has 0 saturated carbocycles. The first-order valence-electron chi connectivity index (χ1n) is 10.3. The van der Waals surface area contributed by atoms with Crippen LogP contribution in [-0.4, -0.2) is 19.1 Å². The molecule has 1 aromatic heterocycles. The van der Waals surface area contributed by atoms with Gasteiger partial charge < -0.3 is 19.2 Å². The molecule has 5 heteroatoms. The Kier molecular flexibility index (Phi) is 7.17. The Labute approximate surface area is 178 Å². The maximum atomic E-state index is 12.4. The highest BCUT2D eigenvalue weighted by Crippen LogP contribution is 2.30. The molecular formula is C25H29NO4. The fourth-order valence-electron chi connectivity index (χ4n) is 3.10. The molecule has 0 bridgehead atoms. The molecule has 0 aliphatic rings. The Morgan fingerprint density at radius 3 is 2.63 bits per heavy atom. The minimum absolute atomic E-state index is 0.223. The van der Waals surface area contributed by atoms with Gasteiger partial charge in [-0.1, -0.05) is 44.2 Å². The predicted molar refractivity (Wildman–Crippen MR) is 118 cm³/mol. The molecule has 0 atom stereocenters. The molecule has 0 aliphatic heterocycles. The lowest BCUT2D eigenvalue weighted by Gasteiger charge is -2.11. The van der Waals surface area contributed by atoms with Crippen molar-refractivity contribution in [1.82, 2.24) is 5.32 Å². The van der Waals surface area contributed by atoms with Gasteiger partial charge in [0.1, 0.15) is 11.5 Å². The van der Waals surface area contributed by atoms with Crippen LogP contribution in [0.3, 0.4) is 0 Å². The minimum atomic E-state index is -0.272. The van der Waals surface area contributed by atoms with Crippen LogP contribution in [0.5, 0.6) is 17.4 Å². The van der Waals surface area contributed by atoms with Crippen LogP contribution in [-0.2, 0) is 6.42 Å². The van der Waals surface area contributed by atoms with Gasteiger partial charge >= 0.3 is 0 Å². The molecule has 30 heavy (non-hydrogen) atoms. The standard InChI is InChI=1S/C25H29NO4/c1-5-28-21-9-7-6-8-19(21)14-15-26-25(27)22-12-13-24(29-22)30-23-16-20(17(2)3)11-10-18(23)4/h6-13,16-17H,5,14-15H2,1-4H3,(H,26,27). The second kappa shape index (κ2) is 10.0. The summed E-state index contributed by atoms with van der Waals surface area (Å²) in [5.41, 5.74) is 3.26. The number of hydrogen-bond acceptors (Lipinski definition) is 4. The molecule has 0 saturated heterocycles. The molecule has 3 rings (SSSR count). The van der Waals surface area contributed by atoms with E-state index >= 15 is 0 Å². The summed E-state index contributed by atoms with van der Waals surface area (Å²) in [5.74, 6) is 2.23. The maximum Gasteiger partial charge on any atom is 0.290 e. The number of carbonyl (C=O) groups excluding carboxylic acids is 1. The first-order valence-corrected chi connectivity index (χ1v) is 10.3. The monoisotopic (exact) mass is 407 g/mol. The van der Waals surface area contributed by atoms with E-state index in [0.29, 0.717) is 31.4 Å². The van der Waals surface area contributed by atoms with E-state index in [1.54, 1.807) is 12.1 Å². The van der Waals surface area contributed by atoms with E-state index in [4.69, 9.17) is 13.9 Å². The van der Waals surface area contributed by atoms with Crippen LogP contribution in [0.25, 0.3) is 0 Å². The number of carbonyl (C=O) groups is 1. The number of nitrogens with one attached hydrogen (secondary N) is 1. The quantitative estimate of drug-likeness (QED) is 0.481. The van der Waals surface area contributed by atoms with Gasteiger partial charge in [-0.25, -0.2) is 0 Å². The van der Waals surface area contributed by atoms with Crippen LogP contribution < -0.4 is 14.8 Å². The SMILES string of the molecule is CCOc1ccccc1CCNC(=O)c1ccc(Oc2cc(C(C)C)ccc2C)o1. The summed E-state index contributed by atoms with van der Waals surface area (Å²) in [4.78, 5) is 12.4. The van der Waals surface area contributed by atoms with E-state index in [0.717, 1.165) is 22.6 Å². The lowest BCUT2D eigenvalue weighted by Crippen LogP contribution is -2.25. The fourth-order valence-corrected chi connectivity index (χ4v) is 3.10. The van der Waals surface area contributed by atoms with Crippen molar-refractivity contribution in [2.45, 2.75) is 40.0 Å². The third kappa shape index (κ3) is 5.44. The molecule has 0 aliphatic carbocycles. The second-order valence-electron chi connectivity index (χ2n) is 7.45. The predicted octanol–water partition coefficient (Wildman–Crippen LogP) is 5.87. The number of aryl methyl sites for hydroxylation is 1. The summed E-state index contributed by atoms with van der Waals surface area (Å²) in [6.45, 7) is 9.30. The van der Waals surface area contributed by atoms with Gasteiger partial charge in [0, 0.05) is 12.6 Å². The highest BCUT2D eigenvalue weighted by atomic mass is 16.6. The molecule has 1 heterocycles. The van der Waals surface area contributed by atoms with Crippen LogP contribution in [0.4, 0.5) is 0 Å². The summed E-state index contributed by atoms with van der Waals surface area (Å²) in [6, 6.07) is 17.3. The number of furan rings is 1. The molecular weight excluding hydrogens is 378 g/mol. The fraction of sp³-hybridized carbons (Fsp3) is 0.320. The zero-order valence-electron chi connectivity index (χ0n) is 18.0. The lowest BCUT2D eigenvalue weighted by molar-refractivity contribution is 0.0921. The first kappa shape index (κ1) is 21.5. The van der Waals surface area contributed by atoms with E-state index in [2.05, 4.69) is 25.2 Å².